The summed E-state index contributed by atoms with van der Waals surface area (Å²) in [6, 6.07) is 11.4. The second kappa shape index (κ2) is 6.19. The molecule has 0 atom stereocenters. The SMILES string of the molecule is COc1cc(N)cc(COc2ccc(C)cc2OC)c1. The fourth-order valence-corrected chi connectivity index (χ4v) is 1.94. The summed E-state index contributed by atoms with van der Waals surface area (Å²) in [6.45, 7) is 2.41. The van der Waals surface area contributed by atoms with E-state index < -0.39 is 0 Å². The molecule has 0 saturated heterocycles. The fraction of sp³-hybridized carbons (Fsp3) is 0.250. The Balaban J connectivity index is 2.14. The molecular formula is C16H19NO3. The number of hydrogen-bond donors (Lipinski definition) is 1. The molecule has 2 rings (SSSR count). The molecule has 4 heteroatoms. The summed E-state index contributed by atoms with van der Waals surface area (Å²) in [4.78, 5) is 0. The van der Waals surface area contributed by atoms with Crippen molar-refractivity contribution in [2.45, 2.75) is 13.5 Å². The van der Waals surface area contributed by atoms with Crippen LogP contribution in [0, 0.1) is 6.92 Å². The van der Waals surface area contributed by atoms with Crippen molar-refractivity contribution in [3.63, 3.8) is 0 Å². The van der Waals surface area contributed by atoms with Gasteiger partial charge in [0.25, 0.3) is 0 Å². The van der Waals surface area contributed by atoms with Crippen LogP contribution in [-0.4, -0.2) is 14.2 Å². The van der Waals surface area contributed by atoms with Crippen LogP contribution < -0.4 is 19.9 Å². The number of anilines is 1. The van der Waals surface area contributed by atoms with Crippen LogP contribution in [0.1, 0.15) is 11.1 Å². The van der Waals surface area contributed by atoms with Crippen molar-refractivity contribution in [3.8, 4) is 17.2 Å². The highest BCUT2D eigenvalue weighted by molar-refractivity contribution is 5.48. The van der Waals surface area contributed by atoms with Crippen LogP contribution in [0.3, 0.4) is 0 Å². The van der Waals surface area contributed by atoms with Crippen molar-refractivity contribution in [2.75, 3.05) is 20.0 Å². The van der Waals surface area contributed by atoms with E-state index in [0.29, 0.717) is 18.0 Å². The highest BCUT2D eigenvalue weighted by Gasteiger charge is 2.06. The molecule has 0 unspecified atom stereocenters. The van der Waals surface area contributed by atoms with E-state index >= 15 is 0 Å². The van der Waals surface area contributed by atoms with Crippen LogP contribution in [0.5, 0.6) is 17.2 Å². The van der Waals surface area contributed by atoms with Crippen molar-refractivity contribution in [1.29, 1.82) is 0 Å². The first-order chi connectivity index (χ1) is 9.62. The fourth-order valence-electron chi connectivity index (χ4n) is 1.94. The van der Waals surface area contributed by atoms with Crippen LogP contribution in [-0.2, 0) is 6.61 Å². The smallest absolute Gasteiger partial charge is 0.161 e. The van der Waals surface area contributed by atoms with Gasteiger partial charge < -0.3 is 19.9 Å². The van der Waals surface area contributed by atoms with E-state index in [9.17, 15) is 0 Å². The molecule has 0 heterocycles. The maximum atomic E-state index is 5.82. The number of benzene rings is 2. The Morgan fingerprint density at radius 3 is 2.45 bits per heavy atom. The number of rotatable bonds is 5. The number of nitrogen functional groups attached to an aromatic ring is 1. The van der Waals surface area contributed by atoms with Crippen molar-refractivity contribution in [1.82, 2.24) is 0 Å². The Kier molecular flexibility index (Phi) is 4.35. The number of aryl methyl sites for hydroxylation is 1. The molecule has 2 aromatic rings. The molecule has 106 valence electrons. The lowest BCUT2D eigenvalue weighted by Crippen LogP contribution is -1.99. The normalized spacial score (nSPS) is 10.2. The molecule has 4 nitrogen and oxygen atoms in total. The number of methoxy groups -OCH3 is 2. The second-order valence-electron chi connectivity index (χ2n) is 4.56. The zero-order chi connectivity index (χ0) is 14.5. The topological polar surface area (TPSA) is 53.7 Å². The van der Waals surface area contributed by atoms with Gasteiger partial charge in [-0.05, 0) is 42.3 Å². The van der Waals surface area contributed by atoms with Gasteiger partial charge in [-0.1, -0.05) is 6.07 Å². The lowest BCUT2D eigenvalue weighted by Gasteiger charge is -2.12. The standard InChI is InChI=1S/C16H19NO3/c1-11-4-5-15(16(6-11)19-3)20-10-12-7-13(17)9-14(8-12)18-2/h4-9H,10,17H2,1-3H3. The third-order valence-corrected chi connectivity index (χ3v) is 2.94. The Morgan fingerprint density at radius 2 is 1.75 bits per heavy atom. The molecule has 2 aromatic carbocycles. The molecule has 0 saturated carbocycles. The zero-order valence-corrected chi connectivity index (χ0v) is 12.0. The zero-order valence-electron chi connectivity index (χ0n) is 12.0. The second-order valence-corrected chi connectivity index (χ2v) is 4.56. The molecule has 0 aromatic heterocycles. The van der Waals surface area contributed by atoms with E-state index in [-0.39, 0.29) is 0 Å². The van der Waals surface area contributed by atoms with E-state index in [1.807, 2.05) is 37.3 Å². The largest absolute Gasteiger partial charge is 0.497 e. The number of hydrogen-bond acceptors (Lipinski definition) is 4. The van der Waals surface area contributed by atoms with Gasteiger partial charge in [-0.2, -0.15) is 0 Å². The third kappa shape index (κ3) is 3.35. The minimum atomic E-state index is 0.404. The van der Waals surface area contributed by atoms with Gasteiger partial charge in [-0.15, -0.1) is 0 Å². The van der Waals surface area contributed by atoms with Crippen molar-refractivity contribution in [3.05, 3.63) is 47.5 Å². The van der Waals surface area contributed by atoms with Gasteiger partial charge in [-0.25, -0.2) is 0 Å². The highest BCUT2D eigenvalue weighted by atomic mass is 16.5. The van der Waals surface area contributed by atoms with Gasteiger partial charge in [0.15, 0.2) is 11.5 Å². The minimum Gasteiger partial charge on any atom is -0.497 e. The van der Waals surface area contributed by atoms with Crippen LogP contribution >= 0.6 is 0 Å². The Bertz CT molecular complexity index is 596. The maximum absolute atomic E-state index is 5.82. The van der Waals surface area contributed by atoms with Gasteiger partial charge in [0, 0.05) is 11.8 Å². The van der Waals surface area contributed by atoms with Gasteiger partial charge >= 0.3 is 0 Å². The molecule has 0 spiro atoms. The molecule has 0 amide bonds. The van der Waals surface area contributed by atoms with Gasteiger partial charge in [0.2, 0.25) is 0 Å². The van der Waals surface area contributed by atoms with Crippen molar-refractivity contribution in [2.24, 2.45) is 0 Å². The summed E-state index contributed by atoms with van der Waals surface area (Å²) in [5, 5.41) is 0. The monoisotopic (exact) mass is 273 g/mol. The van der Waals surface area contributed by atoms with Crippen molar-refractivity contribution < 1.29 is 14.2 Å². The van der Waals surface area contributed by atoms with E-state index in [1.165, 1.54) is 0 Å². The van der Waals surface area contributed by atoms with E-state index in [0.717, 1.165) is 22.6 Å². The van der Waals surface area contributed by atoms with Crippen LogP contribution in [0.4, 0.5) is 5.69 Å². The quantitative estimate of drug-likeness (QED) is 0.850. The van der Waals surface area contributed by atoms with E-state index in [4.69, 9.17) is 19.9 Å². The third-order valence-electron chi connectivity index (χ3n) is 2.94. The predicted octanol–water partition coefficient (Wildman–Crippen LogP) is 3.17. The summed E-state index contributed by atoms with van der Waals surface area (Å²) >= 11 is 0. The first-order valence-electron chi connectivity index (χ1n) is 6.33. The van der Waals surface area contributed by atoms with Gasteiger partial charge in [-0.3, -0.25) is 0 Å². The molecule has 0 aliphatic heterocycles. The van der Waals surface area contributed by atoms with Gasteiger partial charge in [0.05, 0.1) is 14.2 Å². The Labute approximate surface area is 119 Å². The van der Waals surface area contributed by atoms with Crippen molar-refractivity contribution >= 4 is 5.69 Å². The Morgan fingerprint density at radius 1 is 0.950 bits per heavy atom. The lowest BCUT2D eigenvalue weighted by molar-refractivity contribution is 0.284. The summed E-state index contributed by atoms with van der Waals surface area (Å²) in [6.07, 6.45) is 0. The molecule has 2 N–H and O–H groups in total. The summed E-state index contributed by atoms with van der Waals surface area (Å²) in [5.74, 6) is 2.15. The highest BCUT2D eigenvalue weighted by Crippen LogP contribution is 2.29. The summed E-state index contributed by atoms with van der Waals surface area (Å²) in [5.41, 5.74) is 8.54. The van der Waals surface area contributed by atoms with Crippen LogP contribution in [0.2, 0.25) is 0 Å². The van der Waals surface area contributed by atoms with E-state index in [1.54, 1.807) is 20.3 Å². The molecule has 0 radical (unpaired) electrons. The number of ether oxygens (including phenoxy) is 3. The van der Waals surface area contributed by atoms with Crippen LogP contribution in [0.15, 0.2) is 36.4 Å². The number of nitrogens with two attached hydrogens (primary N) is 1. The molecule has 0 bridgehead atoms. The van der Waals surface area contributed by atoms with E-state index in [2.05, 4.69) is 0 Å². The predicted molar refractivity (Wildman–Crippen MR) is 79.5 cm³/mol. The first kappa shape index (κ1) is 14.1. The average molecular weight is 273 g/mol. The van der Waals surface area contributed by atoms with Crippen LogP contribution in [0.25, 0.3) is 0 Å². The molecule has 0 aliphatic carbocycles. The summed E-state index contributed by atoms with van der Waals surface area (Å²) in [7, 11) is 3.24. The lowest BCUT2D eigenvalue weighted by atomic mass is 10.2. The first-order valence-corrected chi connectivity index (χ1v) is 6.33. The maximum Gasteiger partial charge on any atom is 0.161 e. The average Bonchev–Trinajstić information content (AvgIpc) is 2.45. The minimum absolute atomic E-state index is 0.404. The van der Waals surface area contributed by atoms with Gasteiger partial charge in [0.1, 0.15) is 12.4 Å². The molecular weight excluding hydrogens is 254 g/mol. The molecule has 0 fully saturated rings. The summed E-state index contributed by atoms with van der Waals surface area (Å²) < 4.78 is 16.3. The Hall–Kier alpha value is -2.36. The molecule has 0 aliphatic rings. The molecule has 20 heavy (non-hydrogen) atoms.